The van der Waals surface area contributed by atoms with Gasteiger partial charge in [0.25, 0.3) is 0 Å². The maximum Gasteiger partial charge on any atom is 0.244 e. The SMILES string of the molecule is C[C@@H](C(=O)NC1CCCC1)N(Cc1c(Cl)cccc1Cl)C(=O)CN(c1ccc(Oc2ccccc2)cc1)S(C)(=O)=O. The Bertz CT molecular complexity index is 1440. The molecule has 0 bridgehead atoms. The summed E-state index contributed by atoms with van der Waals surface area (Å²) in [5.74, 6) is 0.243. The Labute approximate surface area is 251 Å². The van der Waals surface area contributed by atoms with Crippen molar-refractivity contribution in [3.05, 3.63) is 88.4 Å². The van der Waals surface area contributed by atoms with Crippen LogP contribution in [-0.2, 0) is 26.2 Å². The Morgan fingerprint density at radius 1 is 0.927 bits per heavy atom. The molecule has 3 aromatic rings. The molecule has 2 amide bonds. The van der Waals surface area contributed by atoms with E-state index in [1.165, 1.54) is 4.90 Å². The second-order valence-corrected chi connectivity index (χ2v) is 12.8. The van der Waals surface area contributed by atoms with Crippen LogP contribution in [-0.4, -0.2) is 50.0 Å². The van der Waals surface area contributed by atoms with E-state index < -0.39 is 28.5 Å². The van der Waals surface area contributed by atoms with Gasteiger partial charge in [-0.25, -0.2) is 8.42 Å². The number of benzene rings is 3. The van der Waals surface area contributed by atoms with E-state index in [0.29, 0.717) is 27.1 Å². The third-order valence-corrected chi connectivity index (χ3v) is 8.89. The van der Waals surface area contributed by atoms with Crippen LogP contribution < -0.4 is 14.4 Å². The molecular formula is C30H33Cl2N3O5S. The van der Waals surface area contributed by atoms with Crippen LogP contribution in [0.3, 0.4) is 0 Å². The summed E-state index contributed by atoms with van der Waals surface area (Å²) in [6.07, 6.45) is 4.87. The Hall–Kier alpha value is -3.27. The standard InChI is InChI=1S/C30H33Cl2N3O5S/c1-21(30(37)33-22-9-6-7-10-22)34(19-26-27(31)13-8-14-28(26)32)29(36)20-35(41(2,38)39)23-15-17-25(18-16-23)40-24-11-4-3-5-12-24/h3-5,8,11-18,21-22H,6-7,9-10,19-20H2,1-2H3,(H,33,37)/t21-/m0/s1. The quantitative estimate of drug-likeness (QED) is 0.283. The predicted molar refractivity (Wildman–Crippen MR) is 162 cm³/mol. The first kappa shape index (κ1) is 30.7. The van der Waals surface area contributed by atoms with Crippen molar-refractivity contribution in [3.63, 3.8) is 0 Å². The van der Waals surface area contributed by atoms with E-state index in [1.54, 1.807) is 61.5 Å². The van der Waals surface area contributed by atoms with Crippen molar-refractivity contribution < 1.29 is 22.7 Å². The highest BCUT2D eigenvalue weighted by Crippen LogP contribution is 2.29. The Balaban J connectivity index is 1.58. The van der Waals surface area contributed by atoms with Gasteiger partial charge in [0, 0.05) is 28.2 Å². The highest BCUT2D eigenvalue weighted by molar-refractivity contribution is 7.92. The molecule has 1 aliphatic carbocycles. The minimum atomic E-state index is -3.88. The molecule has 218 valence electrons. The van der Waals surface area contributed by atoms with Gasteiger partial charge < -0.3 is 15.0 Å². The summed E-state index contributed by atoms with van der Waals surface area (Å²) in [5.41, 5.74) is 0.748. The maximum atomic E-state index is 13.8. The second-order valence-electron chi connectivity index (χ2n) is 10.1. The topological polar surface area (TPSA) is 96.0 Å². The highest BCUT2D eigenvalue weighted by Gasteiger charge is 2.32. The zero-order chi connectivity index (χ0) is 29.6. The summed E-state index contributed by atoms with van der Waals surface area (Å²) >= 11 is 12.8. The number of ether oxygens (including phenoxy) is 1. The van der Waals surface area contributed by atoms with E-state index in [-0.39, 0.29) is 24.2 Å². The number of nitrogens with one attached hydrogen (secondary N) is 1. The largest absolute Gasteiger partial charge is 0.457 e. The van der Waals surface area contributed by atoms with Gasteiger partial charge in [-0.1, -0.05) is 60.3 Å². The van der Waals surface area contributed by atoms with Gasteiger partial charge in [0.15, 0.2) is 0 Å². The summed E-state index contributed by atoms with van der Waals surface area (Å²) in [6.45, 7) is 1.02. The van der Waals surface area contributed by atoms with Crippen molar-refractivity contribution in [3.8, 4) is 11.5 Å². The van der Waals surface area contributed by atoms with Gasteiger partial charge in [-0.2, -0.15) is 0 Å². The first-order valence-corrected chi connectivity index (χ1v) is 16.0. The molecule has 0 spiro atoms. The number of rotatable bonds is 11. The van der Waals surface area contributed by atoms with Crippen LogP contribution in [0.1, 0.15) is 38.2 Å². The molecule has 0 aliphatic heterocycles. The number of hydrogen-bond donors (Lipinski definition) is 1. The average molecular weight is 619 g/mol. The third kappa shape index (κ3) is 8.15. The van der Waals surface area contributed by atoms with Gasteiger partial charge in [-0.05, 0) is 68.3 Å². The molecule has 4 rings (SSSR count). The zero-order valence-corrected chi connectivity index (χ0v) is 25.3. The van der Waals surface area contributed by atoms with E-state index in [4.69, 9.17) is 27.9 Å². The number of anilines is 1. The van der Waals surface area contributed by atoms with Crippen LogP contribution in [0.25, 0.3) is 0 Å². The summed E-state index contributed by atoms with van der Waals surface area (Å²) in [7, 11) is -3.88. The molecule has 0 radical (unpaired) electrons. The van der Waals surface area contributed by atoms with Gasteiger partial charge in [0.2, 0.25) is 21.8 Å². The lowest BCUT2D eigenvalue weighted by atomic mass is 10.1. The van der Waals surface area contributed by atoms with Gasteiger partial charge in [0.1, 0.15) is 24.1 Å². The summed E-state index contributed by atoms with van der Waals surface area (Å²) < 4.78 is 32.5. The molecule has 1 aliphatic rings. The first-order chi connectivity index (χ1) is 19.5. The maximum absolute atomic E-state index is 13.8. The Morgan fingerprint density at radius 2 is 1.51 bits per heavy atom. The van der Waals surface area contributed by atoms with E-state index in [1.807, 2.05) is 18.2 Å². The normalized spacial score (nSPS) is 14.3. The van der Waals surface area contributed by atoms with Crippen LogP contribution in [0, 0.1) is 0 Å². The predicted octanol–water partition coefficient (Wildman–Crippen LogP) is 6.03. The van der Waals surface area contributed by atoms with Crippen molar-refractivity contribution in [1.82, 2.24) is 10.2 Å². The Kier molecular flexibility index (Phi) is 10.2. The fourth-order valence-electron chi connectivity index (χ4n) is 4.75. The zero-order valence-electron chi connectivity index (χ0n) is 22.9. The number of para-hydroxylation sites is 1. The molecule has 1 N–H and O–H groups in total. The minimum Gasteiger partial charge on any atom is -0.457 e. The lowest BCUT2D eigenvalue weighted by Gasteiger charge is -2.32. The first-order valence-electron chi connectivity index (χ1n) is 13.4. The average Bonchev–Trinajstić information content (AvgIpc) is 3.45. The van der Waals surface area contributed by atoms with E-state index >= 15 is 0 Å². The monoisotopic (exact) mass is 617 g/mol. The van der Waals surface area contributed by atoms with Crippen LogP contribution in [0.4, 0.5) is 5.69 Å². The summed E-state index contributed by atoms with van der Waals surface area (Å²) in [4.78, 5) is 28.4. The van der Waals surface area contributed by atoms with E-state index in [9.17, 15) is 18.0 Å². The lowest BCUT2D eigenvalue weighted by Crippen LogP contribution is -2.52. The summed E-state index contributed by atoms with van der Waals surface area (Å²) in [6, 6.07) is 19.7. The smallest absolute Gasteiger partial charge is 0.244 e. The van der Waals surface area contributed by atoms with Gasteiger partial charge in [0.05, 0.1) is 11.9 Å². The number of sulfonamides is 1. The minimum absolute atomic E-state index is 0.0509. The number of carbonyl (C=O) groups excluding carboxylic acids is 2. The molecule has 0 heterocycles. The molecule has 1 saturated carbocycles. The fourth-order valence-corrected chi connectivity index (χ4v) is 6.11. The fraction of sp³-hybridized carbons (Fsp3) is 0.333. The molecule has 1 atom stereocenters. The number of carbonyl (C=O) groups is 2. The van der Waals surface area contributed by atoms with Crippen LogP contribution in [0.2, 0.25) is 10.0 Å². The molecule has 0 unspecified atom stereocenters. The molecular weight excluding hydrogens is 585 g/mol. The van der Waals surface area contributed by atoms with Gasteiger partial charge >= 0.3 is 0 Å². The van der Waals surface area contributed by atoms with Crippen molar-refractivity contribution in [2.45, 2.75) is 51.2 Å². The molecule has 0 saturated heterocycles. The van der Waals surface area contributed by atoms with E-state index in [0.717, 1.165) is 36.2 Å². The van der Waals surface area contributed by atoms with Crippen molar-refractivity contribution >= 4 is 50.7 Å². The Morgan fingerprint density at radius 3 is 2.10 bits per heavy atom. The van der Waals surface area contributed by atoms with Gasteiger partial charge in [-0.15, -0.1) is 0 Å². The van der Waals surface area contributed by atoms with Crippen molar-refractivity contribution in [2.24, 2.45) is 0 Å². The van der Waals surface area contributed by atoms with Crippen LogP contribution >= 0.6 is 23.2 Å². The number of halogens is 2. The van der Waals surface area contributed by atoms with Crippen molar-refractivity contribution in [1.29, 1.82) is 0 Å². The second kappa shape index (κ2) is 13.6. The van der Waals surface area contributed by atoms with Gasteiger partial charge in [-0.3, -0.25) is 13.9 Å². The number of hydrogen-bond acceptors (Lipinski definition) is 5. The molecule has 41 heavy (non-hydrogen) atoms. The number of nitrogens with zero attached hydrogens (tertiary/aromatic N) is 2. The number of amides is 2. The van der Waals surface area contributed by atoms with Crippen molar-refractivity contribution in [2.75, 3.05) is 17.1 Å². The highest BCUT2D eigenvalue weighted by atomic mass is 35.5. The molecule has 1 fully saturated rings. The van der Waals surface area contributed by atoms with E-state index in [2.05, 4.69) is 5.32 Å². The lowest BCUT2D eigenvalue weighted by molar-refractivity contribution is -0.139. The molecule has 3 aromatic carbocycles. The molecule has 0 aromatic heterocycles. The summed E-state index contributed by atoms with van der Waals surface area (Å²) in [5, 5.41) is 3.71. The van der Waals surface area contributed by atoms with Crippen LogP contribution in [0.15, 0.2) is 72.8 Å². The third-order valence-electron chi connectivity index (χ3n) is 7.04. The van der Waals surface area contributed by atoms with Crippen LogP contribution in [0.5, 0.6) is 11.5 Å². The molecule has 11 heteroatoms. The molecule has 8 nitrogen and oxygen atoms in total.